The molecule has 18 heavy (non-hydrogen) atoms. The molecule has 0 aliphatic rings. The number of alkyl halides is 2. The van der Waals surface area contributed by atoms with Crippen LogP contribution >= 0.6 is 0 Å². The second kappa shape index (κ2) is 5.08. The van der Waals surface area contributed by atoms with Gasteiger partial charge in [-0.3, -0.25) is 9.67 Å². The maximum Gasteiger partial charge on any atom is 0.257 e. The normalized spacial score (nSPS) is 10.9. The van der Waals surface area contributed by atoms with E-state index < -0.39 is 13.0 Å². The van der Waals surface area contributed by atoms with Crippen molar-refractivity contribution in [2.75, 3.05) is 0 Å². The van der Waals surface area contributed by atoms with E-state index in [1.165, 1.54) is 4.68 Å². The monoisotopic (exact) mass is 249 g/mol. The van der Waals surface area contributed by atoms with E-state index in [0.29, 0.717) is 0 Å². The number of nitrogens with zero attached hydrogens (tertiary/aromatic N) is 3. The summed E-state index contributed by atoms with van der Waals surface area (Å²) in [6.07, 6.45) is 4.14. The average Bonchev–Trinajstić information content (AvgIpc) is 2.77. The molecule has 0 amide bonds. The number of hydrogen-bond acceptors (Lipinski definition) is 2. The summed E-state index contributed by atoms with van der Waals surface area (Å²) in [6.45, 7) is 5.34. The Bertz CT molecular complexity index is 561. The third-order valence-electron chi connectivity index (χ3n) is 2.52. The lowest BCUT2D eigenvalue weighted by Crippen LogP contribution is -2.06. The summed E-state index contributed by atoms with van der Waals surface area (Å²) in [5.41, 5.74) is 3.45. The second-order valence-electron chi connectivity index (χ2n) is 4.08. The Kier molecular flexibility index (Phi) is 3.50. The summed E-state index contributed by atoms with van der Waals surface area (Å²) in [7, 11) is 0. The molecule has 0 saturated heterocycles. The van der Waals surface area contributed by atoms with Crippen LogP contribution in [0.2, 0.25) is 0 Å². The third-order valence-corrected chi connectivity index (χ3v) is 2.52. The second-order valence-corrected chi connectivity index (χ2v) is 4.08. The molecule has 0 aliphatic heterocycles. The first-order valence-corrected chi connectivity index (χ1v) is 5.48. The van der Waals surface area contributed by atoms with Gasteiger partial charge in [-0.25, -0.2) is 8.78 Å². The number of rotatable bonds is 4. The molecule has 0 fully saturated rings. The molecule has 5 heteroatoms. The lowest BCUT2D eigenvalue weighted by atomic mass is 10.1. The van der Waals surface area contributed by atoms with Gasteiger partial charge in [0.2, 0.25) is 0 Å². The molecule has 0 radical (unpaired) electrons. The van der Waals surface area contributed by atoms with E-state index in [9.17, 15) is 8.78 Å². The van der Waals surface area contributed by atoms with Crippen LogP contribution in [0.3, 0.4) is 0 Å². The van der Waals surface area contributed by atoms with Crippen LogP contribution in [0, 0.1) is 0 Å². The van der Waals surface area contributed by atoms with Crippen molar-refractivity contribution in [3.8, 4) is 11.1 Å². The van der Waals surface area contributed by atoms with Gasteiger partial charge in [-0.1, -0.05) is 6.58 Å². The van der Waals surface area contributed by atoms with Gasteiger partial charge in [-0.05, 0) is 24.1 Å². The maximum absolute atomic E-state index is 12.2. The Morgan fingerprint density at radius 1 is 1.33 bits per heavy atom. The van der Waals surface area contributed by atoms with Crippen molar-refractivity contribution in [1.82, 2.24) is 14.8 Å². The van der Waals surface area contributed by atoms with Gasteiger partial charge < -0.3 is 0 Å². The first-order valence-electron chi connectivity index (χ1n) is 5.48. The molecule has 0 aromatic carbocycles. The Morgan fingerprint density at radius 2 is 2.11 bits per heavy atom. The highest BCUT2D eigenvalue weighted by molar-refractivity contribution is 5.68. The van der Waals surface area contributed by atoms with Crippen molar-refractivity contribution in [2.45, 2.75) is 19.9 Å². The van der Waals surface area contributed by atoms with E-state index in [1.54, 1.807) is 24.8 Å². The van der Waals surface area contributed by atoms with Gasteiger partial charge in [-0.15, -0.1) is 0 Å². The van der Waals surface area contributed by atoms with Gasteiger partial charge in [-0.2, -0.15) is 5.10 Å². The lowest BCUT2D eigenvalue weighted by molar-refractivity contribution is 0.122. The van der Waals surface area contributed by atoms with Crippen LogP contribution in [0.5, 0.6) is 0 Å². The van der Waals surface area contributed by atoms with Crippen molar-refractivity contribution < 1.29 is 8.78 Å². The summed E-state index contributed by atoms with van der Waals surface area (Å²) in [6, 6.07) is 1.92. The third kappa shape index (κ3) is 2.80. The molecule has 0 unspecified atom stereocenters. The summed E-state index contributed by atoms with van der Waals surface area (Å²) >= 11 is 0. The molecule has 2 aromatic rings. The Morgan fingerprint density at radius 3 is 2.78 bits per heavy atom. The summed E-state index contributed by atoms with van der Waals surface area (Å²) in [5, 5.41) is 3.89. The Labute approximate surface area is 104 Å². The lowest BCUT2D eigenvalue weighted by Gasteiger charge is -2.02. The minimum Gasteiger partial charge on any atom is -0.266 e. The minimum absolute atomic E-state index is 0.395. The molecule has 0 atom stereocenters. The molecule has 94 valence electrons. The number of pyridine rings is 1. The summed E-state index contributed by atoms with van der Waals surface area (Å²) < 4.78 is 25.7. The molecule has 2 rings (SSSR count). The highest BCUT2D eigenvalue weighted by atomic mass is 19.3. The first kappa shape index (κ1) is 12.4. The van der Waals surface area contributed by atoms with Crippen molar-refractivity contribution in [2.24, 2.45) is 0 Å². The molecular weight excluding hydrogens is 236 g/mol. The summed E-state index contributed by atoms with van der Waals surface area (Å²) in [5.74, 6) is 0. The van der Waals surface area contributed by atoms with Crippen LogP contribution in [-0.4, -0.2) is 21.2 Å². The average molecular weight is 249 g/mol. The predicted molar refractivity (Wildman–Crippen MR) is 66.2 cm³/mol. The molecule has 0 saturated carbocycles. The van der Waals surface area contributed by atoms with Gasteiger partial charge >= 0.3 is 0 Å². The minimum atomic E-state index is -2.40. The van der Waals surface area contributed by atoms with Gasteiger partial charge in [0.1, 0.15) is 6.54 Å². The van der Waals surface area contributed by atoms with Crippen molar-refractivity contribution in [3.63, 3.8) is 0 Å². The molecule has 0 bridgehead atoms. The van der Waals surface area contributed by atoms with E-state index in [0.717, 1.165) is 22.3 Å². The first-order chi connectivity index (χ1) is 8.56. The number of hydrogen-bond donors (Lipinski definition) is 0. The topological polar surface area (TPSA) is 30.7 Å². The van der Waals surface area contributed by atoms with Crippen molar-refractivity contribution in [3.05, 3.63) is 43.0 Å². The van der Waals surface area contributed by atoms with E-state index in [2.05, 4.69) is 16.7 Å². The fraction of sp³-hybridized carbons (Fsp3) is 0.231. The Hall–Kier alpha value is -2.04. The fourth-order valence-corrected chi connectivity index (χ4v) is 1.59. The van der Waals surface area contributed by atoms with Crippen LogP contribution in [0.15, 0.2) is 37.4 Å². The van der Waals surface area contributed by atoms with Gasteiger partial charge in [0.15, 0.2) is 0 Å². The van der Waals surface area contributed by atoms with Gasteiger partial charge in [0.25, 0.3) is 6.43 Å². The van der Waals surface area contributed by atoms with Gasteiger partial charge in [0.05, 0.1) is 6.20 Å². The zero-order valence-corrected chi connectivity index (χ0v) is 9.98. The van der Waals surface area contributed by atoms with Crippen LogP contribution in [-0.2, 0) is 6.54 Å². The molecule has 2 heterocycles. The smallest absolute Gasteiger partial charge is 0.257 e. The fourth-order valence-electron chi connectivity index (χ4n) is 1.59. The maximum atomic E-state index is 12.2. The number of allylic oxidation sites excluding steroid dienone is 1. The van der Waals surface area contributed by atoms with Crippen LogP contribution in [0.25, 0.3) is 16.7 Å². The molecule has 3 nitrogen and oxygen atoms in total. The van der Waals surface area contributed by atoms with Crippen molar-refractivity contribution >= 4 is 5.57 Å². The molecule has 0 aliphatic carbocycles. The molecule has 0 spiro atoms. The SMILES string of the molecule is C=C(C)c1cncc(-c2cnn(CC(F)F)c2)c1. The largest absolute Gasteiger partial charge is 0.266 e. The van der Waals surface area contributed by atoms with E-state index in [-0.39, 0.29) is 0 Å². The Balaban J connectivity index is 2.28. The highest BCUT2D eigenvalue weighted by Crippen LogP contribution is 2.21. The van der Waals surface area contributed by atoms with E-state index in [4.69, 9.17) is 0 Å². The predicted octanol–water partition coefficient (Wildman–Crippen LogP) is 3.24. The zero-order valence-electron chi connectivity index (χ0n) is 9.98. The van der Waals surface area contributed by atoms with Gasteiger partial charge in [0, 0.05) is 29.7 Å². The molecule has 0 N–H and O–H groups in total. The van der Waals surface area contributed by atoms with E-state index >= 15 is 0 Å². The quantitative estimate of drug-likeness (QED) is 0.832. The molecular formula is C13H13F2N3. The molecule has 2 aromatic heterocycles. The van der Waals surface area contributed by atoms with Crippen molar-refractivity contribution in [1.29, 1.82) is 0 Å². The van der Waals surface area contributed by atoms with E-state index in [1.807, 2.05) is 13.0 Å². The van der Waals surface area contributed by atoms with Crippen LogP contribution < -0.4 is 0 Å². The zero-order chi connectivity index (χ0) is 13.1. The number of halogens is 2. The standard InChI is InChI=1S/C13H13F2N3/c1-9(2)10-3-11(5-16-4-10)12-6-17-18(7-12)8-13(14)15/h3-7,13H,1,8H2,2H3. The van der Waals surface area contributed by atoms with Crippen LogP contribution in [0.4, 0.5) is 8.78 Å². The summed E-state index contributed by atoms with van der Waals surface area (Å²) in [4.78, 5) is 4.11. The van der Waals surface area contributed by atoms with Crippen LogP contribution in [0.1, 0.15) is 12.5 Å². The highest BCUT2D eigenvalue weighted by Gasteiger charge is 2.07. The number of aromatic nitrogens is 3.